The Bertz CT molecular complexity index is 204. The van der Waals surface area contributed by atoms with Crippen molar-refractivity contribution >= 4 is 5.97 Å². The number of carboxylic acids is 1. The van der Waals surface area contributed by atoms with E-state index in [2.05, 4.69) is 5.32 Å². The Hall–Kier alpha value is -0.610. The third kappa shape index (κ3) is 2.69. The third-order valence-corrected chi connectivity index (χ3v) is 3.03. The van der Waals surface area contributed by atoms with Gasteiger partial charge < -0.3 is 15.2 Å². The van der Waals surface area contributed by atoms with Gasteiger partial charge in [0.15, 0.2) is 0 Å². The van der Waals surface area contributed by atoms with Crippen molar-refractivity contribution in [2.45, 2.75) is 44.2 Å². The number of hydrogen-bond acceptors (Lipinski definition) is 3. The van der Waals surface area contributed by atoms with Gasteiger partial charge in [-0.05, 0) is 39.7 Å². The summed E-state index contributed by atoms with van der Waals surface area (Å²) < 4.78 is 5.52. The fraction of sp³-hybridized carbons (Fsp3) is 0.900. The maximum atomic E-state index is 10.9. The molecule has 1 saturated carbocycles. The molecular formula is C10H19NO3. The first-order valence-electron chi connectivity index (χ1n) is 5.12. The molecule has 1 aliphatic rings. The summed E-state index contributed by atoms with van der Waals surface area (Å²) in [7, 11) is 1.66. The number of aliphatic carboxylic acids is 1. The molecule has 0 heterocycles. The zero-order valence-corrected chi connectivity index (χ0v) is 8.88. The molecule has 0 aromatic heterocycles. The van der Waals surface area contributed by atoms with Gasteiger partial charge in [0.25, 0.3) is 0 Å². The van der Waals surface area contributed by atoms with Crippen molar-refractivity contribution in [1.82, 2.24) is 5.32 Å². The fourth-order valence-corrected chi connectivity index (χ4v) is 1.31. The Labute approximate surface area is 84.6 Å². The summed E-state index contributed by atoms with van der Waals surface area (Å²) in [5.41, 5.74) is -0.857. The largest absolute Gasteiger partial charge is 0.480 e. The Balaban J connectivity index is 2.22. The summed E-state index contributed by atoms with van der Waals surface area (Å²) in [5.74, 6) is -0.822. The van der Waals surface area contributed by atoms with Gasteiger partial charge in [0.2, 0.25) is 0 Å². The molecule has 0 amide bonds. The minimum atomic E-state index is -0.857. The molecule has 1 unspecified atom stereocenters. The SMILES string of the molecule is CNC(C)(CCOC1CCC1)C(=O)O. The van der Waals surface area contributed by atoms with Crippen LogP contribution in [0.3, 0.4) is 0 Å². The smallest absolute Gasteiger partial charge is 0.323 e. The molecule has 0 bridgehead atoms. The van der Waals surface area contributed by atoms with Gasteiger partial charge in [-0.1, -0.05) is 0 Å². The van der Waals surface area contributed by atoms with E-state index >= 15 is 0 Å². The number of likely N-dealkylation sites (N-methyl/N-ethyl adjacent to an activating group) is 1. The lowest BCUT2D eigenvalue weighted by Gasteiger charge is -2.28. The Morgan fingerprint density at radius 3 is 2.64 bits per heavy atom. The molecular weight excluding hydrogens is 182 g/mol. The molecule has 1 rings (SSSR count). The molecule has 2 N–H and O–H groups in total. The van der Waals surface area contributed by atoms with Crippen molar-refractivity contribution in [3.05, 3.63) is 0 Å². The number of carbonyl (C=O) groups is 1. The number of carboxylic acid groups (broad SMARTS) is 1. The van der Waals surface area contributed by atoms with E-state index in [9.17, 15) is 4.79 Å². The van der Waals surface area contributed by atoms with E-state index in [0.717, 1.165) is 12.8 Å². The zero-order valence-electron chi connectivity index (χ0n) is 8.88. The van der Waals surface area contributed by atoms with E-state index in [0.29, 0.717) is 19.1 Å². The Morgan fingerprint density at radius 2 is 2.29 bits per heavy atom. The van der Waals surface area contributed by atoms with Crippen LogP contribution in [-0.2, 0) is 9.53 Å². The lowest BCUT2D eigenvalue weighted by atomic mass is 9.95. The second-order valence-corrected chi connectivity index (χ2v) is 4.06. The molecule has 1 fully saturated rings. The van der Waals surface area contributed by atoms with Crippen LogP contribution in [0.2, 0.25) is 0 Å². The standard InChI is InChI=1S/C10H19NO3/c1-10(11-2,9(12)13)6-7-14-8-4-3-5-8/h8,11H,3-7H2,1-2H3,(H,12,13). The van der Waals surface area contributed by atoms with E-state index < -0.39 is 11.5 Å². The molecule has 1 atom stereocenters. The van der Waals surface area contributed by atoms with Gasteiger partial charge in [-0.15, -0.1) is 0 Å². The molecule has 82 valence electrons. The number of rotatable bonds is 6. The van der Waals surface area contributed by atoms with Crippen LogP contribution in [0.25, 0.3) is 0 Å². The van der Waals surface area contributed by atoms with Crippen molar-refractivity contribution in [1.29, 1.82) is 0 Å². The van der Waals surface area contributed by atoms with Crippen LogP contribution in [0.4, 0.5) is 0 Å². The van der Waals surface area contributed by atoms with E-state index in [4.69, 9.17) is 9.84 Å². The average Bonchev–Trinajstić information content (AvgIpc) is 2.08. The monoisotopic (exact) mass is 201 g/mol. The lowest BCUT2D eigenvalue weighted by molar-refractivity contribution is -0.145. The van der Waals surface area contributed by atoms with Gasteiger partial charge in [0, 0.05) is 6.61 Å². The van der Waals surface area contributed by atoms with Crippen molar-refractivity contribution in [3.8, 4) is 0 Å². The summed E-state index contributed by atoms with van der Waals surface area (Å²) in [5, 5.41) is 11.8. The highest BCUT2D eigenvalue weighted by Crippen LogP contribution is 2.22. The van der Waals surface area contributed by atoms with Gasteiger partial charge in [-0.25, -0.2) is 0 Å². The third-order valence-electron chi connectivity index (χ3n) is 3.03. The molecule has 14 heavy (non-hydrogen) atoms. The summed E-state index contributed by atoms with van der Waals surface area (Å²) in [6.45, 7) is 2.20. The first-order chi connectivity index (χ1) is 6.58. The molecule has 4 heteroatoms. The predicted octanol–water partition coefficient (Wildman–Crippen LogP) is 1.01. The molecule has 0 spiro atoms. The number of nitrogens with one attached hydrogen (secondary N) is 1. The van der Waals surface area contributed by atoms with E-state index in [1.807, 2.05) is 0 Å². The number of ether oxygens (including phenoxy) is 1. The van der Waals surface area contributed by atoms with Gasteiger partial charge in [-0.3, -0.25) is 4.79 Å². The quantitative estimate of drug-likeness (QED) is 0.673. The summed E-state index contributed by atoms with van der Waals surface area (Å²) in [6.07, 6.45) is 4.39. The van der Waals surface area contributed by atoms with Gasteiger partial charge in [0.05, 0.1) is 6.10 Å². The first-order valence-corrected chi connectivity index (χ1v) is 5.12. The average molecular weight is 201 g/mol. The topological polar surface area (TPSA) is 58.6 Å². The van der Waals surface area contributed by atoms with Crippen molar-refractivity contribution in [2.24, 2.45) is 0 Å². The van der Waals surface area contributed by atoms with Crippen LogP contribution < -0.4 is 5.32 Å². The molecule has 0 radical (unpaired) electrons. The summed E-state index contributed by atoms with van der Waals surface area (Å²) in [6, 6.07) is 0. The molecule has 0 aromatic carbocycles. The zero-order chi connectivity index (χ0) is 10.6. The van der Waals surface area contributed by atoms with Crippen LogP contribution in [0.1, 0.15) is 32.6 Å². The second kappa shape index (κ2) is 4.75. The van der Waals surface area contributed by atoms with Crippen LogP contribution >= 0.6 is 0 Å². The minimum Gasteiger partial charge on any atom is -0.480 e. The highest BCUT2D eigenvalue weighted by molar-refractivity contribution is 5.78. The molecule has 0 aromatic rings. The number of hydrogen-bond donors (Lipinski definition) is 2. The van der Waals surface area contributed by atoms with Crippen molar-refractivity contribution < 1.29 is 14.6 Å². The highest BCUT2D eigenvalue weighted by atomic mass is 16.5. The minimum absolute atomic E-state index is 0.380. The van der Waals surface area contributed by atoms with Gasteiger partial charge in [-0.2, -0.15) is 0 Å². The fourth-order valence-electron chi connectivity index (χ4n) is 1.31. The van der Waals surface area contributed by atoms with Crippen LogP contribution in [0, 0.1) is 0 Å². The molecule has 0 saturated heterocycles. The second-order valence-electron chi connectivity index (χ2n) is 4.06. The highest BCUT2D eigenvalue weighted by Gasteiger charge is 2.31. The summed E-state index contributed by atoms with van der Waals surface area (Å²) >= 11 is 0. The molecule has 4 nitrogen and oxygen atoms in total. The van der Waals surface area contributed by atoms with Gasteiger partial charge in [0.1, 0.15) is 5.54 Å². The Kier molecular flexibility index (Phi) is 3.89. The normalized spacial score (nSPS) is 21.3. The van der Waals surface area contributed by atoms with Crippen LogP contribution in [0.15, 0.2) is 0 Å². The lowest BCUT2D eigenvalue weighted by Crippen LogP contribution is -2.48. The van der Waals surface area contributed by atoms with E-state index in [1.165, 1.54) is 6.42 Å². The van der Waals surface area contributed by atoms with Gasteiger partial charge >= 0.3 is 5.97 Å². The van der Waals surface area contributed by atoms with Crippen LogP contribution in [0.5, 0.6) is 0 Å². The Morgan fingerprint density at radius 1 is 1.64 bits per heavy atom. The summed E-state index contributed by atoms with van der Waals surface area (Å²) in [4.78, 5) is 10.9. The molecule has 1 aliphatic carbocycles. The van der Waals surface area contributed by atoms with Crippen molar-refractivity contribution in [2.75, 3.05) is 13.7 Å². The van der Waals surface area contributed by atoms with Crippen LogP contribution in [-0.4, -0.2) is 36.4 Å². The van der Waals surface area contributed by atoms with Crippen molar-refractivity contribution in [3.63, 3.8) is 0 Å². The molecule has 0 aliphatic heterocycles. The predicted molar refractivity (Wildman–Crippen MR) is 53.3 cm³/mol. The maximum Gasteiger partial charge on any atom is 0.323 e. The maximum absolute atomic E-state index is 10.9. The first kappa shape index (κ1) is 11.5. The van der Waals surface area contributed by atoms with E-state index in [-0.39, 0.29) is 0 Å². The van der Waals surface area contributed by atoms with E-state index in [1.54, 1.807) is 14.0 Å².